The van der Waals surface area contributed by atoms with Crippen LogP contribution in [0.15, 0.2) is 46.3 Å². The molecule has 0 spiro atoms. The van der Waals surface area contributed by atoms with Crippen LogP contribution in [0.1, 0.15) is 5.69 Å². The highest BCUT2D eigenvalue weighted by molar-refractivity contribution is 9.10. The van der Waals surface area contributed by atoms with E-state index in [-0.39, 0.29) is 5.84 Å². The van der Waals surface area contributed by atoms with Crippen molar-refractivity contribution in [2.45, 2.75) is 0 Å². The van der Waals surface area contributed by atoms with Gasteiger partial charge < -0.3 is 15.7 Å². The predicted octanol–water partition coefficient (Wildman–Crippen LogP) is 2.13. The molecule has 2 aromatic rings. The van der Waals surface area contributed by atoms with E-state index in [0.717, 1.165) is 4.47 Å². The Hall–Kier alpha value is -2.15. The van der Waals surface area contributed by atoms with Crippen molar-refractivity contribution in [3.05, 3.63) is 46.8 Å². The second-order valence-electron chi connectivity index (χ2n) is 3.29. The van der Waals surface area contributed by atoms with E-state index in [2.05, 4.69) is 31.1 Å². The molecule has 0 aliphatic heterocycles. The Morgan fingerprint density at radius 2 is 2.22 bits per heavy atom. The maximum Gasteiger partial charge on any atom is 0.219 e. The van der Waals surface area contributed by atoms with E-state index in [1.165, 1.54) is 0 Å². The molecule has 0 atom stereocenters. The summed E-state index contributed by atoms with van der Waals surface area (Å²) in [5.41, 5.74) is 5.77. The van der Waals surface area contributed by atoms with Gasteiger partial charge in [0.05, 0.1) is 6.20 Å². The molecule has 0 saturated heterocycles. The Balaban J connectivity index is 2.24. The average Bonchev–Trinajstić information content (AvgIpc) is 2.38. The SMILES string of the molecule is NC(=NO)c1cccc(Oc2cncc(Br)c2)n1. The molecule has 2 aromatic heterocycles. The van der Waals surface area contributed by atoms with E-state index < -0.39 is 0 Å². The van der Waals surface area contributed by atoms with Crippen molar-refractivity contribution >= 4 is 21.8 Å². The first-order valence-electron chi connectivity index (χ1n) is 4.92. The van der Waals surface area contributed by atoms with E-state index in [1.807, 2.05) is 0 Å². The third-order valence-corrected chi connectivity index (χ3v) is 2.43. The molecule has 0 radical (unpaired) electrons. The van der Waals surface area contributed by atoms with Crippen LogP contribution in [0.3, 0.4) is 0 Å². The van der Waals surface area contributed by atoms with Gasteiger partial charge >= 0.3 is 0 Å². The Labute approximate surface area is 111 Å². The minimum absolute atomic E-state index is 0.0761. The molecule has 2 heterocycles. The molecule has 18 heavy (non-hydrogen) atoms. The second-order valence-corrected chi connectivity index (χ2v) is 4.20. The average molecular weight is 309 g/mol. The van der Waals surface area contributed by atoms with Gasteiger partial charge in [-0.1, -0.05) is 11.2 Å². The van der Waals surface area contributed by atoms with Crippen molar-refractivity contribution in [3.63, 3.8) is 0 Å². The van der Waals surface area contributed by atoms with Crippen molar-refractivity contribution in [2.75, 3.05) is 0 Å². The fraction of sp³-hybridized carbons (Fsp3) is 0. The van der Waals surface area contributed by atoms with Crippen molar-refractivity contribution in [1.29, 1.82) is 0 Å². The zero-order valence-corrected chi connectivity index (χ0v) is 10.7. The van der Waals surface area contributed by atoms with Crippen LogP contribution in [0.25, 0.3) is 0 Å². The molecule has 0 aliphatic carbocycles. The monoisotopic (exact) mass is 308 g/mol. The summed E-state index contributed by atoms with van der Waals surface area (Å²) in [5, 5.41) is 11.4. The molecule has 6 nitrogen and oxygen atoms in total. The molecular weight excluding hydrogens is 300 g/mol. The summed E-state index contributed by atoms with van der Waals surface area (Å²) in [6.07, 6.45) is 3.20. The highest BCUT2D eigenvalue weighted by Gasteiger charge is 2.04. The third-order valence-electron chi connectivity index (χ3n) is 2.00. The van der Waals surface area contributed by atoms with Gasteiger partial charge in [-0.25, -0.2) is 4.98 Å². The summed E-state index contributed by atoms with van der Waals surface area (Å²) < 4.78 is 6.30. The van der Waals surface area contributed by atoms with Gasteiger partial charge in [-0.3, -0.25) is 4.98 Å². The van der Waals surface area contributed by atoms with Crippen LogP contribution in [0.5, 0.6) is 11.6 Å². The fourth-order valence-corrected chi connectivity index (χ4v) is 1.58. The molecule has 0 aliphatic rings. The van der Waals surface area contributed by atoms with Crippen LogP contribution in [-0.2, 0) is 0 Å². The van der Waals surface area contributed by atoms with Crippen LogP contribution >= 0.6 is 15.9 Å². The lowest BCUT2D eigenvalue weighted by Gasteiger charge is -2.05. The smallest absolute Gasteiger partial charge is 0.219 e. The minimum Gasteiger partial charge on any atom is -0.437 e. The number of ether oxygens (including phenoxy) is 1. The fourth-order valence-electron chi connectivity index (χ4n) is 1.23. The quantitative estimate of drug-likeness (QED) is 0.392. The van der Waals surface area contributed by atoms with Gasteiger partial charge in [0.15, 0.2) is 5.84 Å². The molecule has 0 amide bonds. The number of oxime groups is 1. The summed E-state index contributed by atoms with van der Waals surface area (Å²) in [5.74, 6) is 0.792. The third kappa shape index (κ3) is 2.95. The van der Waals surface area contributed by atoms with E-state index in [1.54, 1.807) is 36.7 Å². The van der Waals surface area contributed by atoms with Crippen molar-refractivity contribution < 1.29 is 9.94 Å². The largest absolute Gasteiger partial charge is 0.437 e. The topological polar surface area (TPSA) is 93.6 Å². The van der Waals surface area contributed by atoms with E-state index in [0.29, 0.717) is 17.3 Å². The van der Waals surface area contributed by atoms with Crippen molar-refractivity contribution in [2.24, 2.45) is 10.9 Å². The molecule has 92 valence electrons. The number of rotatable bonds is 3. The molecule has 0 bridgehead atoms. The van der Waals surface area contributed by atoms with Crippen LogP contribution in [0, 0.1) is 0 Å². The van der Waals surface area contributed by atoms with Crippen LogP contribution in [0.4, 0.5) is 0 Å². The van der Waals surface area contributed by atoms with Crippen molar-refractivity contribution in [3.8, 4) is 11.6 Å². The molecule has 0 aromatic carbocycles. The predicted molar refractivity (Wildman–Crippen MR) is 68.8 cm³/mol. The first-order valence-corrected chi connectivity index (χ1v) is 5.71. The molecule has 0 saturated carbocycles. The molecule has 7 heteroatoms. The Kier molecular flexibility index (Phi) is 3.73. The van der Waals surface area contributed by atoms with Gasteiger partial charge in [-0.15, -0.1) is 0 Å². The number of hydrogen-bond donors (Lipinski definition) is 2. The lowest BCUT2D eigenvalue weighted by Crippen LogP contribution is -2.14. The van der Waals surface area contributed by atoms with Gasteiger partial charge in [-0.05, 0) is 28.1 Å². The summed E-state index contributed by atoms with van der Waals surface area (Å²) in [7, 11) is 0. The Morgan fingerprint density at radius 3 is 2.94 bits per heavy atom. The van der Waals surface area contributed by atoms with Gasteiger partial charge in [0.1, 0.15) is 11.4 Å². The highest BCUT2D eigenvalue weighted by Crippen LogP contribution is 2.21. The Morgan fingerprint density at radius 1 is 1.39 bits per heavy atom. The van der Waals surface area contributed by atoms with E-state index >= 15 is 0 Å². The van der Waals surface area contributed by atoms with Crippen molar-refractivity contribution in [1.82, 2.24) is 9.97 Å². The number of aromatic nitrogens is 2. The lowest BCUT2D eigenvalue weighted by atomic mass is 10.3. The first kappa shape index (κ1) is 12.3. The number of pyridine rings is 2. The number of amidine groups is 1. The zero-order valence-electron chi connectivity index (χ0n) is 9.12. The van der Waals surface area contributed by atoms with Crippen LogP contribution < -0.4 is 10.5 Å². The van der Waals surface area contributed by atoms with Gasteiger partial charge in [0, 0.05) is 16.7 Å². The van der Waals surface area contributed by atoms with Gasteiger partial charge in [0.25, 0.3) is 0 Å². The minimum atomic E-state index is -0.0761. The van der Waals surface area contributed by atoms with Crippen LogP contribution in [-0.4, -0.2) is 21.0 Å². The summed E-state index contributed by atoms with van der Waals surface area (Å²) >= 11 is 3.29. The van der Waals surface area contributed by atoms with Crippen LogP contribution in [0.2, 0.25) is 0 Å². The molecule has 0 fully saturated rings. The lowest BCUT2D eigenvalue weighted by molar-refractivity contribution is 0.318. The van der Waals surface area contributed by atoms with E-state index in [4.69, 9.17) is 15.7 Å². The number of hydrogen-bond acceptors (Lipinski definition) is 5. The van der Waals surface area contributed by atoms with E-state index in [9.17, 15) is 0 Å². The normalized spacial score (nSPS) is 11.3. The zero-order chi connectivity index (χ0) is 13.0. The molecule has 0 unspecified atom stereocenters. The standard InChI is InChI=1S/C11H9BrN4O2/c12-7-4-8(6-14-5-7)18-10-3-1-2-9(15-10)11(13)16-17/h1-6,17H,(H2,13,16). The van der Waals surface area contributed by atoms with Gasteiger partial charge in [-0.2, -0.15) is 0 Å². The summed E-state index contributed by atoms with van der Waals surface area (Å²) in [6, 6.07) is 6.72. The maximum atomic E-state index is 8.57. The molecule has 3 N–H and O–H groups in total. The number of nitrogens with two attached hydrogens (primary N) is 1. The molecule has 2 rings (SSSR count). The van der Waals surface area contributed by atoms with Gasteiger partial charge in [0.2, 0.25) is 5.88 Å². The second kappa shape index (κ2) is 5.46. The molecular formula is C11H9BrN4O2. The summed E-state index contributed by atoms with van der Waals surface area (Å²) in [4.78, 5) is 8.05. The first-order chi connectivity index (χ1) is 8.69. The Bertz CT molecular complexity index is 589. The maximum absolute atomic E-state index is 8.57. The highest BCUT2D eigenvalue weighted by atomic mass is 79.9. The number of halogens is 1. The summed E-state index contributed by atoms with van der Waals surface area (Å²) in [6.45, 7) is 0. The number of nitrogens with zero attached hydrogens (tertiary/aromatic N) is 3.